The minimum atomic E-state index is -0.670. The Bertz CT molecular complexity index is 1130. The molecule has 0 saturated heterocycles. The van der Waals surface area contributed by atoms with Gasteiger partial charge in [-0.1, -0.05) is 341 Å². The summed E-state index contributed by atoms with van der Waals surface area (Å²) < 4.78 is 5.49. The summed E-state index contributed by atoms with van der Waals surface area (Å²) in [6.07, 6.45) is 79.6. The second kappa shape index (κ2) is 65.1. The first-order chi connectivity index (χ1) is 37.0. The highest BCUT2D eigenvalue weighted by molar-refractivity contribution is 5.76. The zero-order valence-corrected chi connectivity index (χ0v) is 51.1. The number of aliphatic hydroxyl groups is 2. The predicted octanol–water partition coefficient (Wildman–Crippen LogP) is 22.0. The molecule has 6 heteroatoms. The molecule has 0 aliphatic rings. The van der Waals surface area contributed by atoms with E-state index in [-0.39, 0.29) is 18.5 Å². The van der Waals surface area contributed by atoms with Crippen molar-refractivity contribution >= 4 is 11.9 Å². The maximum atomic E-state index is 12.5. The molecule has 0 spiro atoms. The van der Waals surface area contributed by atoms with Gasteiger partial charge in [-0.05, 0) is 51.4 Å². The van der Waals surface area contributed by atoms with Crippen molar-refractivity contribution in [2.24, 2.45) is 0 Å². The third-order valence-corrected chi connectivity index (χ3v) is 16.3. The lowest BCUT2D eigenvalue weighted by Gasteiger charge is -2.22. The van der Waals surface area contributed by atoms with Gasteiger partial charge >= 0.3 is 5.97 Å². The molecular weight excluding hydrogens is 923 g/mol. The van der Waals surface area contributed by atoms with E-state index in [0.717, 1.165) is 38.5 Å². The third kappa shape index (κ3) is 61.7. The van der Waals surface area contributed by atoms with Crippen LogP contribution in [0, 0.1) is 0 Å². The van der Waals surface area contributed by atoms with Crippen LogP contribution in [0.2, 0.25) is 0 Å². The maximum absolute atomic E-state index is 12.5. The van der Waals surface area contributed by atoms with Crippen LogP contribution in [0.3, 0.4) is 0 Å². The number of carbonyl (C=O) groups is 2. The van der Waals surface area contributed by atoms with Crippen molar-refractivity contribution in [1.82, 2.24) is 5.32 Å². The monoisotopic (exact) mass is 1060 g/mol. The first-order valence-corrected chi connectivity index (χ1v) is 34.4. The fourth-order valence-corrected chi connectivity index (χ4v) is 11.1. The molecular formula is C69H135NO5. The van der Waals surface area contributed by atoms with E-state index in [1.54, 1.807) is 0 Å². The molecule has 75 heavy (non-hydrogen) atoms. The van der Waals surface area contributed by atoms with Crippen LogP contribution < -0.4 is 5.32 Å². The summed E-state index contributed by atoms with van der Waals surface area (Å²) in [5.74, 6) is -0.0261. The molecule has 6 nitrogen and oxygen atoms in total. The van der Waals surface area contributed by atoms with Gasteiger partial charge < -0.3 is 20.3 Å². The Kier molecular flexibility index (Phi) is 63.9. The van der Waals surface area contributed by atoms with Crippen molar-refractivity contribution in [2.45, 2.75) is 405 Å². The van der Waals surface area contributed by atoms with Crippen molar-refractivity contribution in [3.63, 3.8) is 0 Å². The number of nitrogens with one attached hydrogen (secondary N) is 1. The number of rotatable bonds is 65. The molecule has 0 aliphatic heterocycles. The number of esters is 1. The largest absolute Gasteiger partial charge is 0.466 e. The number of aliphatic hydroxyl groups excluding tert-OH is 2. The van der Waals surface area contributed by atoms with E-state index in [9.17, 15) is 19.8 Å². The lowest BCUT2D eigenvalue weighted by Crippen LogP contribution is -2.45. The zero-order chi connectivity index (χ0) is 54.3. The summed E-state index contributed by atoms with van der Waals surface area (Å²) in [6, 6.07) is -0.548. The standard InChI is InChI=1S/C69H135NO5/c1-3-5-7-9-11-13-15-17-19-20-21-22-23-25-28-31-34-37-41-45-49-53-57-61-67(72)66(65-71)70-68(73)62-58-54-50-46-42-38-35-32-29-26-24-27-30-33-36-40-44-48-52-56-60-64-75-69(74)63-59-55-51-47-43-39-18-16-14-12-10-8-6-4-2/h26,29,66-67,71-72H,3-25,27-28,30-65H2,1-2H3,(H,70,73)/b29-26-. The average Bonchev–Trinajstić information content (AvgIpc) is 3.41. The zero-order valence-electron chi connectivity index (χ0n) is 51.1. The van der Waals surface area contributed by atoms with Gasteiger partial charge in [0, 0.05) is 12.8 Å². The van der Waals surface area contributed by atoms with Crippen LogP contribution in [0.5, 0.6) is 0 Å². The molecule has 3 N–H and O–H groups in total. The lowest BCUT2D eigenvalue weighted by atomic mass is 10.0. The van der Waals surface area contributed by atoms with E-state index in [1.165, 1.54) is 321 Å². The van der Waals surface area contributed by atoms with Crippen LogP contribution in [-0.4, -0.2) is 47.4 Å². The molecule has 0 aromatic heterocycles. The van der Waals surface area contributed by atoms with Gasteiger partial charge in [-0.25, -0.2) is 0 Å². The number of hydrogen-bond acceptors (Lipinski definition) is 5. The van der Waals surface area contributed by atoms with Crippen LogP contribution in [0.25, 0.3) is 0 Å². The third-order valence-electron chi connectivity index (χ3n) is 16.3. The first kappa shape index (κ1) is 73.6. The highest BCUT2D eigenvalue weighted by Crippen LogP contribution is 2.19. The van der Waals surface area contributed by atoms with Gasteiger partial charge in [0.1, 0.15) is 0 Å². The molecule has 0 aromatic carbocycles. The summed E-state index contributed by atoms with van der Waals surface area (Å²) in [4.78, 5) is 24.6. The van der Waals surface area contributed by atoms with Crippen molar-refractivity contribution in [3.8, 4) is 0 Å². The van der Waals surface area contributed by atoms with E-state index in [4.69, 9.17) is 4.74 Å². The van der Waals surface area contributed by atoms with Crippen molar-refractivity contribution < 1.29 is 24.5 Å². The second-order valence-corrected chi connectivity index (χ2v) is 23.9. The van der Waals surface area contributed by atoms with E-state index in [1.807, 2.05) is 0 Å². The first-order valence-electron chi connectivity index (χ1n) is 34.4. The molecule has 0 bridgehead atoms. The molecule has 0 rings (SSSR count). The molecule has 1 amide bonds. The maximum Gasteiger partial charge on any atom is 0.305 e. The second-order valence-electron chi connectivity index (χ2n) is 23.9. The van der Waals surface area contributed by atoms with Gasteiger partial charge in [0.2, 0.25) is 5.91 Å². The highest BCUT2D eigenvalue weighted by Gasteiger charge is 2.20. The molecule has 0 radical (unpaired) electrons. The summed E-state index contributed by atoms with van der Waals surface area (Å²) in [7, 11) is 0. The topological polar surface area (TPSA) is 95.9 Å². The van der Waals surface area contributed by atoms with Gasteiger partial charge in [0.25, 0.3) is 0 Å². The molecule has 0 aliphatic carbocycles. The smallest absolute Gasteiger partial charge is 0.305 e. The summed E-state index contributed by atoms with van der Waals surface area (Å²) >= 11 is 0. The molecule has 0 saturated carbocycles. The highest BCUT2D eigenvalue weighted by atomic mass is 16.5. The van der Waals surface area contributed by atoms with Gasteiger partial charge in [-0.15, -0.1) is 0 Å². The SMILES string of the molecule is CCCCCCCCCCCCCCCCCCCCCCCCCC(O)C(CO)NC(=O)CCCCCCCCC/C=C\CCCCCCCCCCCCOC(=O)CCCCCCCCCCCCCCCC. The minimum Gasteiger partial charge on any atom is -0.466 e. The predicted molar refractivity (Wildman–Crippen MR) is 329 cm³/mol. The molecule has 0 aromatic rings. The number of carbonyl (C=O) groups excluding carboxylic acids is 2. The van der Waals surface area contributed by atoms with Crippen LogP contribution in [0.15, 0.2) is 12.2 Å². The number of ether oxygens (including phenoxy) is 1. The van der Waals surface area contributed by atoms with Crippen LogP contribution >= 0.6 is 0 Å². The van der Waals surface area contributed by atoms with E-state index >= 15 is 0 Å². The number of allylic oxidation sites excluding steroid dienone is 2. The Morgan fingerprint density at radius 1 is 0.360 bits per heavy atom. The number of amides is 1. The number of hydrogen-bond donors (Lipinski definition) is 3. The molecule has 0 heterocycles. The summed E-state index contributed by atoms with van der Waals surface area (Å²) in [5, 5.41) is 23.4. The van der Waals surface area contributed by atoms with Gasteiger partial charge in [0.05, 0.1) is 25.4 Å². The van der Waals surface area contributed by atoms with E-state index < -0.39 is 12.1 Å². The lowest BCUT2D eigenvalue weighted by molar-refractivity contribution is -0.143. The van der Waals surface area contributed by atoms with Crippen molar-refractivity contribution in [2.75, 3.05) is 13.2 Å². The Morgan fingerprint density at radius 2 is 0.627 bits per heavy atom. The van der Waals surface area contributed by atoms with E-state index in [2.05, 4.69) is 31.3 Å². The van der Waals surface area contributed by atoms with Gasteiger partial charge in [-0.2, -0.15) is 0 Å². The fourth-order valence-electron chi connectivity index (χ4n) is 11.1. The van der Waals surface area contributed by atoms with E-state index in [0.29, 0.717) is 25.9 Å². The van der Waals surface area contributed by atoms with Crippen LogP contribution in [0.4, 0.5) is 0 Å². The Labute approximate surface area is 469 Å². The minimum absolute atomic E-state index is 0.0117. The molecule has 2 unspecified atom stereocenters. The van der Waals surface area contributed by atoms with Crippen LogP contribution in [-0.2, 0) is 14.3 Å². The van der Waals surface area contributed by atoms with Crippen molar-refractivity contribution in [1.29, 1.82) is 0 Å². The van der Waals surface area contributed by atoms with Crippen LogP contribution in [0.1, 0.15) is 393 Å². The Hall–Kier alpha value is -1.40. The van der Waals surface area contributed by atoms with Gasteiger partial charge in [0.15, 0.2) is 0 Å². The summed E-state index contributed by atoms with van der Waals surface area (Å²) in [5.41, 5.74) is 0. The molecule has 0 fully saturated rings. The molecule has 446 valence electrons. The van der Waals surface area contributed by atoms with Gasteiger partial charge in [-0.3, -0.25) is 9.59 Å². The quantitative estimate of drug-likeness (QED) is 0.0320. The van der Waals surface area contributed by atoms with Crippen molar-refractivity contribution in [3.05, 3.63) is 12.2 Å². The Balaban J connectivity index is 3.41. The average molecular weight is 1060 g/mol. The Morgan fingerprint density at radius 3 is 0.947 bits per heavy atom. The normalized spacial score (nSPS) is 12.5. The summed E-state index contributed by atoms with van der Waals surface area (Å²) in [6.45, 7) is 4.99. The number of unbranched alkanes of at least 4 members (excludes halogenated alkanes) is 52. The fraction of sp³-hybridized carbons (Fsp3) is 0.942. The molecule has 2 atom stereocenters.